The van der Waals surface area contributed by atoms with Crippen molar-refractivity contribution in [1.82, 2.24) is 4.90 Å². The van der Waals surface area contributed by atoms with Crippen molar-refractivity contribution in [3.63, 3.8) is 0 Å². The Morgan fingerprint density at radius 3 is 2.71 bits per heavy atom. The van der Waals surface area contributed by atoms with Gasteiger partial charge in [0.1, 0.15) is 0 Å². The van der Waals surface area contributed by atoms with Gasteiger partial charge in [-0.3, -0.25) is 9.69 Å². The van der Waals surface area contributed by atoms with Gasteiger partial charge in [-0.25, -0.2) is 0 Å². The molecule has 0 saturated carbocycles. The van der Waals surface area contributed by atoms with Crippen LogP contribution in [0, 0.1) is 0 Å². The van der Waals surface area contributed by atoms with Crippen LogP contribution in [0.3, 0.4) is 0 Å². The molecule has 6 nitrogen and oxygen atoms in total. The van der Waals surface area contributed by atoms with E-state index in [1.807, 2.05) is 30.3 Å². The summed E-state index contributed by atoms with van der Waals surface area (Å²) in [5, 5.41) is 13.0. The van der Waals surface area contributed by atoms with Crippen LogP contribution in [-0.4, -0.2) is 67.1 Å². The summed E-state index contributed by atoms with van der Waals surface area (Å²) in [6.45, 7) is 4.41. The zero-order chi connectivity index (χ0) is 16.8. The second kappa shape index (κ2) is 8.58. The molecular formula is C18H26N2O4. The summed E-state index contributed by atoms with van der Waals surface area (Å²) >= 11 is 0. The quantitative estimate of drug-likeness (QED) is 0.848. The van der Waals surface area contributed by atoms with Gasteiger partial charge in [0.15, 0.2) is 6.10 Å². The van der Waals surface area contributed by atoms with Gasteiger partial charge in [0, 0.05) is 25.3 Å². The Morgan fingerprint density at radius 1 is 1.21 bits per heavy atom. The van der Waals surface area contributed by atoms with Crippen LogP contribution in [0.25, 0.3) is 0 Å². The Balaban J connectivity index is 1.50. The second-order valence-corrected chi connectivity index (χ2v) is 6.42. The molecule has 0 aliphatic carbocycles. The van der Waals surface area contributed by atoms with Gasteiger partial charge in [0.05, 0.1) is 25.4 Å². The zero-order valence-electron chi connectivity index (χ0n) is 13.9. The average Bonchev–Trinajstić information content (AvgIpc) is 2.62. The minimum Gasteiger partial charge on any atom is -0.390 e. The molecular weight excluding hydrogens is 308 g/mol. The Hall–Kier alpha value is -1.47. The van der Waals surface area contributed by atoms with Crippen molar-refractivity contribution in [2.45, 2.75) is 37.6 Å². The molecule has 1 aromatic rings. The number of morpholine rings is 1. The van der Waals surface area contributed by atoms with Crippen LogP contribution in [-0.2, 0) is 14.3 Å². The molecule has 2 fully saturated rings. The van der Waals surface area contributed by atoms with Gasteiger partial charge < -0.3 is 19.9 Å². The van der Waals surface area contributed by atoms with Gasteiger partial charge >= 0.3 is 0 Å². The van der Waals surface area contributed by atoms with Crippen LogP contribution in [0.2, 0.25) is 0 Å². The van der Waals surface area contributed by atoms with E-state index in [0.717, 1.165) is 45.7 Å². The van der Waals surface area contributed by atoms with Crippen LogP contribution in [0.5, 0.6) is 0 Å². The van der Waals surface area contributed by atoms with Gasteiger partial charge in [-0.2, -0.15) is 0 Å². The lowest BCUT2D eigenvalue weighted by Gasteiger charge is -2.34. The Bertz CT molecular complexity index is 519. The predicted molar refractivity (Wildman–Crippen MR) is 90.8 cm³/mol. The topological polar surface area (TPSA) is 71.0 Å². The molecule has 1 aromatic carbocycles. The van der Waals surface area contributed by atoms with E-state index in [-0.39, 0.29) is 12.0 Å². The highest BCUT2D eigenvalue weighted by Crippen LogP contribution is 2.23. The number of benzene rings is 1. The van der Waals surface area contributed by atoms with Crippen LogP contribution in [0.4, 0.5) is 5.69 Å². The van der Waals surface area contributed by atoms with Gasteiger partial charge in [0.2, 0.25) is 0 Å². The Morgan fingerprint density at radius 2 is 1.96 bits per heavy atom. The fourth-order valence-electron chi connectivity index (χ4n) is 3.21. The van der Waals surface area contributed by atoms with E-state index >= 15 is 0 Å². The fraction of sp³-hybridized carbons (Fsp3) is 0.611. The van der Waals surface area contributed by atoms with Gasteiger partial charge in [-0.15, -0.1) is 0 Å². The predicted octanol–water partition coefficient (Wildman–Crippen LogP) is 1.26. The summed E-state index contributed by atoms with van der Waals surface area (Å²) in [5.41, 5.74) is 0.716. The molecule has 0 bridgehead atoms. The number of nitrogens with zero attached hydrogens (tertiary/aromatic N) is 1. The molecule has 0 radical (unpaired) electrons. The Labute approximate surface area is 142 Å². The van der Waals surface area contributed by atoms with E-state index < -0.39 is 12.2 Å². The van der Waals surface area contributed by atoms with Crippen molar-refractivity contribution in [1.29, 1.82) is 0 Å². The third-order valence-electron chi connectivity index (χ3n) is 4.64. The lowest BCUT2D eigenvalue weighted by molar-refractivity contribution is -0.153. The summed E-state index contributed by atoms with van der Waals surface area (Å²) in [7, 11) is 0. The van der Waals surface area contributed by atoms with E-state index in [9.17, 15) is 9.90 Å². The van der Waals surface area contributed by atoms with E-state index in [2.05, 4.69) is 10.2 Å². The molecule has 0 spiro atoms. The molecule has 2 aliphatic heterocycles. The minimum absolute atomic E-state index is 0.0165. The molecule has 2 saturated heterocycles. The van der Waals surface area contributed by atoms with E-state index in [1.165, 1.54) is 0 Å². The summed E-state index contributed by atoms with van der Waals surface area (Å²) in [4.78, 5) is 14.8. The number of carbonyl (C=O) groups excluding carboxylic acids is 1. The lowest BCUT2D eigenvalue weighted by atomic mass is 9.98. The fourth-order valence-corrected chi connectivity index (χ4v) is 3.21. The average molecular weight is 334 g/mol. The highest BCUT2D eigenvalue weighted by molar-refractivity contribution is 5.94. The summed E-state index contributed by atoms with van der Waals surface area (Å²) in [5.74, 6) is -0.273. The van der Waals surface area contributed by atoms with Gasteiger partial charge in [0.25, 0.3) is 5.91 Å². The maximum absolute atomic E-state index is 12.4. The molecule has 1 amide bonds. The largest absolute Gasteiger partial charge is 0.390 e. The highest BCUT2D eigenvalue weighted by atomic mass is 16.5. The second-order valence-electron chi connectivity index (χ2n) is 6.42. The smallest absolute Gasteiger partial charge is 0.256 e. The molecule has 2 aliphatic rings. The first-order valence-electron chi connectivity index (χ1n) is 8.72. The molecule has 3 atom stereocenters. The van der Waals surface area contributed by atoms with Crippen LogP contribution >= 0.6 is 0 Å². The zero-order valence-corrected chi connectivity index (χ0v) is 13.9. The number of para-hydroxylation sites is 1. The first-order valence-corrected chi connectivity index (χ1v) is 8.72. The normalized spacial score (nSPS) is 28.5. The van der Waals surface area contributed by atoms with E-state index in [4.69, 9.17) is 9.47 Å². The number of carbonyl (C=O) groups is 1. The third kappa shape index (κ3) is 4.77. The van der Waals surface area contributed by atoms with Crippen molar-refractivity contribution in [2.24, 2.45) is 0 Å². The number of hydrogen-bond acceptors (Lipinski definition) is 5. The SMILES string of the molecule is O=C(Nc1ccccc1)C1OC(CCN2CCOCC2)CCC1O. The van der Waals surface area contributed by atoms with Gasteiger partial charge in [-0.1, -0.05) is 18.2 Å². The van der Waals surface area contributed by atoms with Gasteiger partial charge in [-0.05, 0) is 31.4 Å². The molecule has 2 heterocycles. The van der Waals surface area contributed by atoms with Crippen molar-refractivity contribution in [3.8, 4) is 0 Å². The summed E-state index contributed by atoms with van der Waals surface area (Å²) < 4.78 is 11.3. The molecule has 2 N–H and O–H groups in total. The van der Waals surface area contributed by atoms with E-state index in [1.54, 1.807) is 0 Å². The first-order chi connectivity index (χ1) is 11.7. The lowest BCUT2D eigenvalue weighted by Crippen LogP contribution is -2.47. The molecule has 132 valence electrons. The highest BCUT2D eigenvalue weighted by Gasteiger charge is 2.35. The minimum atomic E-state index is -0.798. The maximum atomic E-state index is 12.4. The van der Waals surface area contributed by atoms with Crippen LogP contribution in [0.15, 0.2) is 30.3 Å². The third-order valence-corrected chi connectivity index (χ3v) is 4.64. The monoisotopic (exact) mass is 334 g/mol. The van der Waals surface area contributed by atoms with Crippen molar-refractivity contribution in [3.05, 3.63) is 30.3 Å². The number of amides is 1. The maximum Gasteiger partial charge on any atom is 0.256 e. The number of ether oxygens (including phenoxy) is 2. The summed E-state index contributed by atoms with van der Waals surface area (Å²) in [6.07, 6.45) is 0.744. The standard InChI is InChI=1S/C18H26N2O4/c21-16-7-6-15(8-9-20-10-12-23-13-11-20)24-17(16)18(22)19-14-4-2-1-3-5-14/h1-5,15-17,21H,6-13H2,(H,19,22). The van der Waals surface area contributed by atoms with Crippen LogP contribution < -0.4 is 5.32 Å². The van der Waals surface area contributed by atoms with Crippen molar-refractivity contribution < 1.29 is 19.4 Å². The number of anilines is 1. The van der Waals surface area contributed by atoms with Crippen LogP contribution in [0.1, 0.15) is 19.3 Å². The number of hydrogen-bond donors (Lipinski definition) is 2. The van der Waals surface area contributed by atoms with Crippen molar-refractivity contribution >= 4 is 11.6 Å². The molecule has 3 rings (SSSR count). The van der Waals surface area contributed by atoms with E-state index in [0.29, 0.717) is 12.1 Å². The summed E-state index contributed by atoms with van der Waals surface area (Å²) in [6, 6.07) is 9.26. The molecule has 0 aromatic heterocycles. The Kier molecular flexibility index (Phi) is 6.20. The number of nitrogens with one attached hydrogen (secondary N) is 1. The first kappa shape index (κ1) is 17.4. The number of aliphatic hydroxyl groups excluding tert-OH is 1. The number of aliphatic hydroxyl groups is 1. The molecule has 24 heavy (non-hydrogen) atoms. The van der Waals surface area contributed by atoms with Crippen molar-refractivity contribution in [2.75, 3.05) is 38.2 Å². The number of rotatable bonds is 5. The molecule has 6 heteroatoms. The molecule has 3 unspecified atom stereocenters.